The van der Waals surface area contributed by atoms with Crippen LogP contribution in [0.5, 0.6) is 0 Å². The van der Waals surface area contributed by atoms with Gasteiger partial charge in [0.25, 0.3) is 6.48 Å². The van der Waals surface area contributed by atoms with Gasteiger partial charge in [0.2, 0.25) is 0 Å². The van der Waals surface area contributed by atoms with Crippen molar-refractivity contribution < 1.29 is 39.0 Å². The molecule has 0 bridgehead atoms. The Morgan fingerprint density at radius 2 is 1.51 bits per heavy atom. The summed E-state index contributed by atoms with van der Waals surface area (Å²) in [5, 5.41) is 31.8. The van der Waals surface area contributed by atoms with Gasteiger partial charge >= 0.3 is 0 Å². The first-order chi connectivity index (χ1) is 19.8. The lowest BCUT2D eigenvalue weighted by Gasteiger charge is -2.24. The Labute approximate surface area is 230 Å². The Balaban J connectivity index is 1.11. The van der Waals surface area contributed by atoms with Crippen molar-refractivity contribution in [2.75, 3.05) is 24.7 Å². The van der Waals surface area contributed by atoms with Crippen LogP contribution in [0.1, 0.15) is 19.4 Å². The molecule has 19 nitrogen and oxygen atoms in total. The number of fused-ring (bicyclic) bond motifs is 2. The van der Waals surface area contributed by atoms with E-state index in [1.54, 1.807) is 11.5 Å². The third kappa shape index (κ3) is 4.81. The normalized spacial score (nSPS) is 31.0. The predicted octanol–water partition coefficient (Wildman–Crippen LogP) is -2.65. The first-order valence-corrected chi connectivity index (χ1v) is 12.6. The maximum atomic E-state index is 10.9. The van der Waals surface area contributed by atoms with Gasteiger partial charge in [-0.1, -0.05) is 0 Å². The number of aromatic nitrogens is 8. The molecule has 9 unspecified atom stereocenters. The molecule has 9 N–H and O–H groups in total. The second kappa shape index (κ2) is 11.0. The van der Waals surface area contributed by atoms with Crippen LogP contribution in [-0.4, -0.2) is 111 Å². The lowest BCUT2D eigenvalue weighted by molar-refractivity contribution is -0.312. The summed E-state index contributed by atoms with van der Waals surface area (Å²) in [5.74, 6) is 0.349. The van der Waals surface area contributed by atoms with E-state index in [4.69, 9.17) is 40.9 Å². The number of hydrogen-bond donors (Lipinski definition) is 6. The number of hydrogen-bond acceptors (Lipinski definition) is 17. The van der Waals surface area contributed by atoms with Gasteiger partial charge in [0.05, 0.1) is 25.3 Å². The average molecular weight is 576 g/mol. The highest BCUT2D eigenvalue weighted by atomic mass is 16.8. The fourth-order valence-corrected chi connectivity index (χ4v) is 5.03. The lowest BCUT2D eigenvalue weighted by Crippen LogP contribution is -2.43. The Kier molecular flexibility index (Phi) is 7.36. The standard InChI is InChI=1S/C22H29N11O8/c1-2-37-13-8(39-19(9(13)23)32-6-30-10-15(24)26-4-28-17(10)32)3-38-22(36)40-14-12(34)20(41-21(14)35)33-7-31-11-16(25)27-5-29-18(11)33/h4-9,12-14,19-22,34-36H,2-3,23H2,1H3,(H2,24,26,28)(H2,25,27,29). The van der Waals surface area contributed by atoms with Crippen LogP contribution in [0.3, 0.4) is 0 Å². The van der Waals surface area contributed by atoms with E-state index < -0.39 is 55.7 Å². The van der Waals surface area contributed by atoms with Crippen molar-refractivity contribution in [3.63, 3.8) is 0 Å². The Bertz CT molecular complexity index is 1520. The minimum absolute atomic E-state index is 0.137. The molecule has 4 aromatic heterocycles. The zero-order valence-corrected chi connectivity index (χ0v) is 21.6. The van der Waals surface area contributed by atoms with Gasteiger partial charge in [0, 0.05) is 6.61 Å². The Hall–Kier alpha value is -3.66. The summed E-state index contributed by atoms with van der Waals surface area (Å²) >= 11 is 0. The largest absolute Gasteiger partial charge is 0.385 e. The van der Waals surface area contributed by atoms with Crippen LogP contribution in [0, 0.1) is 0 Å². The SMILES string of the molecule is CCOC1C(COC(O)OC2C(O)OC(n3cnc4c(N)ncnc43)C2O)OC(n2cnc3c(N)ncnc32)C1N. The van der Waals surface area contributed by atoms with Crippen molar-refractivity contribution >= 4 is 34.0 Å². The van der Waals surface area contributed by atoms with Gasteiger partial charge in [-0.25, -0.2) is 29.9 Å². The van der Waals surface area contributed by atoms with Crippen molar-refractivity contribution in [1.29, 1.82) is 0 Å². The highest BCUT2D eigenvalue weighted by Crippen LogP contribution is 2.35. The second-order valence-corrected chi connectivity index (χ2v) is 9.38. The van der Waals surface area contributed by atoms with Crippen LogP contribution < -0.4 is 17.2 Å². The summed E-state index contributed by atoms with van der Waals surface area (Å²) in [7, 11) is 0. The van der Waals surface area contributed by atoms with Gasteiger partial charge < -0.3 is 56.2 Å². The molecule has 2 saturated heterocycles. The van der Waals surface area contributed by atoms with Crippen molar-refractivity contribution in [3.8, 4) is 0 Å². The summed E-state index contributed by atoms with van der Waals surface area (Å²) in [4.78, 5) is 24.5. The van der Waals surface area contributed by atoms with Crippen LogP contribution in [0.25, 0.3) is 22.3 Å². The summed E-state index contributed by atoms with van der Waals surface area (Å²) < 4.78 is 31.3. The molecule has 41 heavy (non-hydrogen) atoms. The number of rotatable bonds is 9. The monoisotopic (exact) mass is 575 g/mol. The van der Waals surface area contributed by atoms with Crippen LogP contribution in [-0.2, 0) is 23.7 Å². The number of ether oxygens (including phenoxy) is 5. The highest BCUT2D eigenvalue weighted by molar-refractivity contribution is 5.81. The minimum atomic E-state index is -1.88. The van der Waals surface area contributed by atoms with Crippen molar-refractivity contribution in [2.45, 2.75) is 62.6 Å². The third-order valence-corrected chi connectivity index (χ3v) is 6.94. The van der Waals surface area contributed by atoms with Crippen molar-refractivity contribution in [3.05, 3.63) is 25.3 Å². The highest BCUT2D eigenvalue weighted by Gasteiger charge is 2.48. The molecule has 6 rings (SSSR count). The lowest BCUT2D eigenvalue weighted by atomic mass is 10.1. The van der Waals surface area contributed by atoms with Gasteiger partial charge in [0.1, 0.15) is 48.1 Å². The number of anilines is 2. The van der Waals surface area contributed by atoms with Crippen molar-refractivity contribution in [2.24, 2.45) is 5.73 Å². The molecule has 0 amide bonds. The zero-order chi connectivity index (χ0) is 28.8. The quantitative estimate of drug-likeness (QED) is 0.111. The van der Waals surface area contributed by atoms with E-state index >= 15 is 0 Å². The van der Waals surface area contributed by atoms with E-state index in [0.717, 1.165) is 0 Å². The maximum Gasteiger partial charge on any atom is 0.269 e. The smallest absolute Gasteiger partial charge is 0.269 e. The topological polar surface area (TPSA) is 272 Å². The molecule has 2 fully saturated rings. The summed E-state index contributed by atoms with van der Waals surface area (Å²) in [6, 6.07) is -0.661. The molecule has 6 heterocycles. The molecule has 0 spiro atoms. The minimum Gasteiger partial charge on any atom is -0.385 e. The third-order valence-electron chi connectivity index (χ3n) is 6.94. The fourth-order valence-electron chi connectivity index (χ4n) is 5.03. The van der Waals surface area contributed by atoms with E-state index in [1.165, 1.54) is 29.9 Å². The first-order valence-electron chi connectivity index (χ1n) is 12.6. The fraction of sp³-hybridized carbons (Fsp3) is 0.545. The average Bonchev–Trinajstić information content (AvgIpc) is 3.71. The van der Waals surface area contributed by atoms with Gasteiger partial charge in [-0.3, -0.25) is 9.13 Å². The van der Waals surface area contributed by atoms with Crippen LogP contribution in [0.15, 0.2) is 25.3 Å². The molecule has 0 aromatic carbocycles. The Morgan fingerprint density at radius 1 is 0.902 bits per heavy atom. The molecular formula is C22H29N11O8. The Morgan fingerprint density at radius 3 is 2.12 bits per heavy atom. The summed E-state index contributed by atoms with van der Waals surface area (Å²) in [5.41, 5.74) is 19.6. The number of nitrogens with two attached hydrogens (primary N) is 3. The molecule has 0 radical (unpaired) electrons. The molecule has 9 atom stereocenters. The van der Waals surface area contributed by atoms with Gasteiger partial charge in [0.15, 0.2) is 41.7 Å². The van der Waals surface area contributed by atoms with Gasteiger partial charge in [-0.15, -0.1) is 0 Å². The molecule has 0 aliphatic carbocycles. The molecule has 2 aliphatic heterocycles. The number of aliphatic hydroxyl groups excluding tert-OH is 3. The van der Waals surface area contributed by atoms with Crippen LogP contribution in [0.4, 0.5) is 11.6 Å². The molecular weight excluding hydrogens is 546 g/mol. The number of aliphatic hydroxyl groups is 3. The number of imidazole rings is 2. The zero-order valence-electron chi connectivity index (χ0n) is 21.6. The molecule has 19 heteroatoms. The molecule has 2 aliphatic rings. The number of nitrogen functional groups attached to an aromatic ring is 2. The van der Waals surface area contributed by atoms with E-state index in [2.05, 4.69) is 29.9 Å². The van der Waals surface area contributed by atoms with Crippen LogP contribution in [0.2, 0.25) is 0 Å². The van der Waals surface area contributed by atoms with Gasteiger partial charge in [-0.2, -0.15) is 0 Å². The predicted molar refractivity (Wildman–Crippen MR) is 136 cm³/mol. The summed E-state index contributed by atoms with van der Waals surface area (Å²) in [6.07, 6.45) is -2.36. The van der Waals surface area contributed by atoms with E-state index in [0.29, 0.717) is 23.3 Å². The van der Waals surface area contributed by atoms with Crippen molar-refractivity contribution in [1.82, 2.24) is 39.0 Å². The molecule has 220 valence electrons. The molecule has 4 aromatic rings. The van der Waals surface area contributed by atoms with E-state index in [9.17, 15) is 15.3 Å². The first kappa shape index (κ1) is 27.5. The molecule has 0 saturated carbocycles. The van der Waals surface area contributed by atoms with Crippen LogP contribution >= 0.6 is 0 Å². The van der Waals surface area contributed by atoms with E-state index in [-0.39, 0.29) is 23.9 Å². The van der Waals surface area contributed by atoms with E-state index in [1.807, 2.05) is 0 Å². The summed E-state index contributed by atoms with van der Waals surface area (Å²) in [6.45, 7) is 0.0415. The van der Waals surface area contributed by atoms with Gasteiger partial charge in [-0.05, 0) is 6.92 Å². The number of nitrogens with zero attached hydrogens (tertiary/aromatic N) is 8. The maximum absolute atomic E-state index is 10.9. The second-order valence-electron chi connectivity index (χ2n) is 9.38.